The Hall–Kier alpha value is -6.01. The molecule has 2 aliphatic rings. The molecule has 0 radical (unpaired) electrons. The molecular weight excluding hydrogens is 964 g/mol. The molecule has 0 saturated carbocycles. The lowest BCUT2D eigenvalue weighted by molar-refractivity contribution is -0.677. The lowest BCUT2D eigenvalue weighted by Gasteiger charge is -2.12. The molecule has 0 aliphatic carbocycles. The number of esters is 2. The fourth-order valence-corrected chi connectivity index (χ4v) is 7.84. The smallest absolute Gasteiger partial charge is 0.309 e. The second-order valence-electron chi connectivity index (χ2n) is 18.2. The summed E-state index contributed by atoms with van der Waals surface area (Å²) in [6.07, 6.45) is 67.6. The van der Waals surface area contributed by atoms with Crippen molar-refractivity contribution in [1.29, 1.82) is 0 Å². The standard InChI is InChI=1S/2C20H30O2.2C11H16N2O2.ClH/c2*1-2-3-4-5-6-7-8-9-10-11-12-13-14-15-16-17-18-19-20(21)22;2*1-3-10-8(6-15-11(10)14)4-9-5-12-7-13(9)2;/h2*3-4,6-7,9-10,12-13,15-16H,2,5,8,11,14,17-19H2,1H3,(H,21,22);2*5,7-8,10H,3-4,6H2,1-2H3;1H/p-1/b2*4-3-,7-6-,10-9-,13-12-,16-15-;;;/t;;2*8-,10-;/m..00./s1. The molecule has 4 atom stereocenters. The van der Waals surface area contributed by atoms with E-state index in [4.69, 9.17) is 14.6 Å². The number of aliphatic carboxylic acids is 2. The Labute approximate surface area is 457 Å². The van der Waals surface area contributed by atoms with Crippen molar-refractivity contribution in [2.45, 2.75) is 156 Å². The first-order valence-corrected chi connectivity index (χ1v) is 27.2. The van der Waals surface area contributed by atoms with E-state index in [-0.39, 0.29) is 49.0 Å². The van der Waals surface area contributed by atoms with Gasteiger partial charge in [0.25, 0.3) is 0 Å². The van der Waals surface area contributed by atoms with E-state index < -0.39 is 11.9 Å². The lowest BCUT2D eigenvalue weighted by Crippen LogP contribution is -3.00. The van der Waals surface area contributed by atoms with Crippen molar-refractivity contribution in [2.24, 2.45) is 37.8 Å². The van der Waals surface area contributed by atoms with Gasteiger partial charge in [-0.1, -0.05) is 149 Å². The molecule has 0 spiro atoms. The number of hydrogen-bond acceptors (Lipinski definition) is 8. The van der Waals surface area contributed by atoms with E-state index in [9.17, 15) is 24.3 Å². The number of rotatable bonds is 32. The Morgan fingerprint density at radius 2 is 1.04 bits per heavy atom. The molecule has 416 valence electrons. The second-order valence-corrected chi connectivity index (χ2v) is 18.2. The van der Waals surface area contributed by atoms with Crippen LogP contribution in [-0.4, -0.2) is 56.7 Å². The fraction of sp³-hybridized carbons (Fsp3) is 0.516. The normalized spacial score (nSPS) is 17.7. The van der Waals surface area contributed by atoms with Crippen LogP contribution >= 0.6 is 0 Å². The number of carbonyl (C=O) groups excluding carboxylic acids is 3. The third-order valence-electron chi connectivity index (χ3n) is 12.2. The van der Waals surface area contributed by atoms with Crippen LogP contribution in [0.4, 0.5) is 0 Å². The Balaban J connectivity index is 0.000000981. The summed E-state index contributed by atoms with van der Waals surface area (Å²) in [6, 6.07) is 0. The number of imidazole rings is 2. The molecule has 2 aromatic heterocycles. The van der Waals surface area contributed by atoms with Gasteiger partial charge in [0.05, 0.1) is 38.4 Å². The van der Waals surface area contributed by atoms with E-state index in [1.54, 1.807) is 6.33 Å². The van der Waals surface area contributed by atoms with Gasteiger partial charge in [0.2, 0.25) is 6.33 Å². The van der Waals surface area contributed by atoms with Crippen molar-refractivity contribution in [3.05, 3.63) is 158 Å². The average Bonchev–Trinajstić information content (AvgIpc) is 4.18. The molecule has 2 fully saturated rings. The first-order chi connectivity index (χ1) is 36.0. The van der Waals surface area contributed by atoms with Gasteiger partial charge in [0.15, 0.2) is 0 Å². The molecule has 2 aliphatic heterocycles. The summed E-state index contributed by atoms with van der Waals surface area (Å²) in [5.41, 5.74) is 2.38. The summed E-state index contributed by atoms with van der Waals surface area (Å²) in [7, 11) is 3.98. The number of unbranched alkanes of at least 4 members (excludes halogenated alkanes) is 2. The third kappa shape index (κ3) is 36.6. The number of aromatic amines is 1. The summed E-state index contributed by atoms with van der Waals surface area (Å²) in [4.78, 5) is 50.4. The van der Waals surface area contributed by atoms with Gasteiger partial charge in [-0.3, -0.25) is 14.4 Å². The lowest BCUT2D eigenvalue weighted by atomic mass is 9.89. The van der Waals surface area contributed by atoms with Gasteiger partial charge >= 0.3 is 17.9 Å². The number of aromatic nitrogens is 4. The summed E-state index contributed by atoms with van der Waals surface area (Å²) in [5, 5.41) is 18.7. The maximum atomic E-state index is 11.4. The Morgan fingerprint density at radius 3 is 1.37 bits per heavy atom. The summed E-state index contributed by atoms with van der Waals surface area (Å²) in [5.74, 6) is -0.938. The molecule has 12 nitrogen and oxygen atoms in total. The zero-order chi connectivity index (χ0) is 54.3. The van der Waals surface area contributed by atoms with Crippen molar-refractivity contribution in [1.82, 2.24) is 14.5 Å². The van der Waals surface area contributed by atoms with Crippen LogP contribution in [0, 0.1) is 23.7 Å². The van der Waals surface area contributed by atoms with Crippen molar-refractivity contribution in [2.75, 3.05) is 13.2 Å². The van der Waals surface area contributed by atoms with E-state index in [1.807, 2.05) is 57.3 Å². The Morgan fingerprint density at radius 1 is 0.653 bits per heavy atom. The molecule has 4 rings (SSSR count). The van der Waals surface area contributed by atoms with E-state index in [0.717, 1.165) is 115 Å². The number of carboxylic acid groups (broad SMARTS) is 2. The van der Waals surface area contributed by atoms with Gasteiger partial charge in [-0.05, 0) is 116 Å². The minimum absolute atomic E-state index is 0. The molecule has 0 bridgehead atoms. The van der Waals surface area contributed by atoms with Crippen LogP contribution in [0.5, 0.6) is 0 Å². The molecule has 75 heavy (non-hydrogen) atoms. The predicted octanol–water partition coefficient (Wildman–Crippen LogP) is 9.40. The molecule has 2 saturated heterocycles. The average molecular weight is 1060 g/mol. The van der Waals surface area contributed by atoms with Crippen LogP contribution in [0.15, 0.2) is 147 Å². The van der Waals surface area contributed by atoms with E-state index in [0.29, 0.717) is 31.5 Å². The van der Waals surface area contributed by atoms with Crippen molar-refractivity contribution in [3.63, 3.8) is 0 Å². The van der Waals surface area contributed by atoms with Gasteiger partial charge < -0.3 is 41.5 Å². The molecule has 4 heterocycles. The van der Waals surface area contributed by atoms with Crippen LogP contribution in [0.25, 0.3) is 0 Å². The number of ether oxygens (including phenoxy) is 2. The third-order valence-corrected chi connectivity index (χ3v) is 12.2. The number of carbonyl (C=O) groups is 4. The first kappa shape index (κ1) is 69.0. The van der Waals surface area contributed by atoms with Gasteiger partial charge in [0.1, 0.15) is 11.9 Å². The van der Waals surface area contributed by atoms with Gasteiger partial charge in [0, 0.05) is 49.6 Å². The van der Waals surface area contributed by atoms with Crippen molar-refractivity contribution >= 4 is 23.9 Å². The first-order valence-electron chi connectivity index (χ1n) is 27.2. The molecular formula is C62H92ClN4O8-. The molecule has 0 amide bonds. The number of H-pyrrole nitrogens is 1. The fourth-order valence-electron chi connectivity index (χ4n) is 7.84. The summed E-state index contributed by atoms with van der Waals surface area (Å²) >= 11 is 0. The number of cyclic esters (lactones) is 2. The topological polar surface area (TPSA) is 168 Å². The summed E-state index contributed by atoms with van der Waals surface area (Å²) < 4.78 is 14.2. The Bertz CT molecular complexity index is 1970. The van der Waals surface area contributed by atoms with Crippen LogP contribution in [-0.2, 0) is 55.6 Å². The van der Waals surface area contributed by atoms with E-state index in [2.05, 4.69) is 144 Å². The van der Waals surface area contributed by atoms with Crippen molar-refractivity contribution < 1.29 is 55.8 Å². The quantitative estimate of drug-likeness (QED) is 0.0314. The van der Waals surface area contributed by atoms with Crippen LogP contribution in [0.3, 0.4) is 0 Å². The minimum atomic E-state index is -0.965. The highest BCUT2D eigenvalue weighted by molar-refractivity contribution is 5.75. The molecule has 0 unspecified atom stereocenters. The maximum absolute atomic E-state index is 11.4. The minimum Gasteiger partial charge on any atom is -1.00 e. The number of nitrogens with zero attached hydrogens (tertiary/aromatic N) is 3. The van der Waals surface area contributed by atoms with Crippen LogP contribution < -0.4 is 22.1 Å². The SMILES string of the molecule is CC/C=C\C/C=C\C/C=C\C/C=C\C/C=C\CCCC(=O)O.CC/C=C\C/C=C\C/C=C\C/C=C\C/C=C\CCCC(=O)[O-].CC[C@@H]1C(=O)OC[C@@H]1Cc1c[nH]c[n+]1C.CC[C@@H]1C(=O)OC[C@@H]1Cc1cncn1C.[Cl-]. The number of allylic oxidation sites excluding steroid dienone is 20. The number of halogens is 1. The van der Waals surface area contributed by atoms with E-state index >= 15 is 0 Å². The Kier molecular flexibility index (Phi) is 43.9. The number of hydrogen-bond donors (Lipinski definition) is 2. The number of carboxylic acids is 2. The van der Waals surface area contributed by atoms with E-state index in [1.165, 1.54) is 5.69 Å². The van der Waals surface area contributed by atoms with Gasteiger partial charge in [-0.2, -0.15) is 0 Å². The van der Waals surface area contributed by atoms with Crippen molar-refractivity contribution in [3.8, 4) is 0 Å². The molecule has 2 N–H and O–H groups in total. The largest absolute Gasteiger partial charge is 1.00 e. The van der Waals surface area contributed by atoms with Crippen LogP contribution in [0.1, 0.15) is 155 Å². The zero-order valence-electron chi connectivity index (χ0n) is 46.2. The molecule has 2 aromatic rings. The zero-order valence-corrected chi connectivity index (χ0v) is 47.0. The summed E-state index contributed by atoms with van der Waals surface area (Å²) in [6.45, 7) is 9.50. The molecule has 13 heteroatoms. The van der Waals surface area contributed by atoms with Gasteiger partial charge in [-0.15, -0.1) is 0 Å². The maximum Gasteiger partial charge on any atom is 0.309 e. The van der Waals surface area contributed by atoms with Gasteiger partial charge in [-0.25, -0.2) is 14.5 Å². The molecule has 0 aromatic carbocycles. The second kappa shape index (κ2) is 47.7. The highest BCUT2D eigenvalue weighted by Gasteiger charge is 2.37. The predicted molar refractivity (Wildman–Crippen MR) is 298 cm³/mol. The monoisotopic (exact) mass is 1060 g/mol. The number of nitrogens with one attached hydrogen (secondary N) is 1. The highest BCUT2D eigenvalue weighted by Crippen LogP contribution is 2.28. The highest BCUT2D eigenvalue weighted by atomic mass is 35.5. The number of aryl methyl sites for hydroxylation is 2. The van der Waals surface area contributed by atoms with Crippen LogP contribution in [0.2, 0.25) is 0 Å².